The van der Waals surface area contributed by atoms with Crippen LogP contribution in [0.15, 0.2) is 30.3 Å². The van der Waals surface area contributed by atoms with Crippen LogP contribution in [0.5, 0.6) is 0 Å². The van der Waals surface area contributed by atoms with E-state index in [1.165, 1.54) is 18.2 Å². The van der Waals surface area contributed by atoms with Crippen LogP contribution in [0.1, 0.15) is 24.8 Å². The Hall–Kier alpha value is -2.21. The molecule has 6 heteroatoms. The number of rotatable bonds is 7. The molecule has 1 saturated carbocycles. The van der Waals surface area contributed by atoms with Gasteiger partial charge in [-0.25, -0.2) is 0 Å². The number of aliphatic hydroxyl groups excluding tert-OH is 1. The van der Waals surface area contributed by atoms with Crippen molar-refractivity contribution in [3.05, 3.63) is 46.0 Å². The molecule has 112 valence electrons. The van der Waals surface area contributed by atoms with Crippen molar-refractivity contribution in [2.75, 3.05) is 13.2 Å². The zero-order valence-corrected chi connectivity index (χ0v) is 11.6. The van der Waals surface area contributed by atoms with Crippen molar-refractivity contribution < 1.29 is 14.8 Å². The van der Waals surface area contributed by atoms with E-state index in [4.69, 9.17) is 5.11 Å². The first kappa shape index (κ1) is 15.2. The van der Waals surface area contributed by atoms with Gasteiger partial charge in [0.2, 0.25) is 5.91 Å². The summed E-state index contributed by atoms with van der Waals surface area (Å²) in [4.78, 5) is 21.8. The second-order valence-corrected chi connectivity index (χ2v) is 5.37. The van der Waals surface area contributed by atoms with Crippen LogP contribution in [0.3, 0.4) is 0 Å². The van der Waals surface area contributed by atoms with E-state index in [-0.39, 0.29) is 23.6 Å². The largest absolute Gasteiger partial charge is 0.396 e. The van der Waals surface area contributed by atoms with Crippen molar-refractivity contribution >= 4 is 17.7 Å². The van der Waals surface area contributed by atoms with E-state index in [1.54, 1.807) is 18.2 Å². The Balaban J connectivity index is 1.83. The molecule has 0 heterocycles. The van der Waals surface area contributed by atoms with Crippen LogP contribution in [0, 0.1) is 15.5 Å². The Bertz CT molecular complexity index is 547. The molecule has 6 nitrogen and oxygen atoms in total. The summed E-state index contributed by atoms with van der Waals surface area (Å²) < 4.78 is 0. The first-order valence-electron chi connectivity index (χ1n) is 6.86. The van der Waals surface area contributed by atoms with E-state index in [0.29, 0.717) is 6.54 Å². The quantitative estimate of drug-likeness (QED) is 0.455. The molecule has 0 aliphatic heterocycles. The lowest BCUT2D eigenvalue weighted by atomic mass is 10.0. The summed E-state index contributed by atoms with van der Waals surface area (Å²) in [5.74, 6) is -0.197. The number of non-ortho nitro benzene ring substituents is 1. The topological polar surface area (TPSA) is 92.5 Å². The lowest BCUT2D eigenvalue weighted by molar-refractivity contribution is -0.384. The second kappa shape index (κ2) is 6.49. The Morgan fingerprint density at radius 3 is 2.57 bits per heavy atom. The first-order chi connectivity index (χ1) is 10.0. The summed E-state index contributed by atoms with van der Waals surface area (Å²) in [5, 5.41) is 22.3. The van der Waals surface area contributed by atoms with Gasteiger partial charge in [0.15, 0.2) is 0 Å². The molecule has 1 aliphatic rings. The lowest BCUT2D eigenvalue weighted by Gasteiger charge is -2.13. The highest BCUT2D eigenvalue weighted by molar-refractivity contribution is 5.91. The molecule has 2 rings (SSSR count). The van der Waals surface area contributed by atoms with Gasteiger partial charge in [-0.3, -0.25) is 14.9 Å². The summed E-state index contributed by atoms with van der Waals surface area (Å²) in [5.41, 5.74) is 0.842. The number of nitro groups is 1. The Labute approximate surface area is 122 Å². The maximum atomic E-state index is 11.7. The van der Waals surface area contributed by atoms with Crippen molar-refractivity contribution in [2.45, 2.75) is 19.3 Å². The summed E-state index contributed by atoms with van der Waals surface area (Å²) in [6.45, 7) is 0.728. The zero-order valence-electron chi connectivity index (χ0n) is 11.6. The molecule has 1 fully saturated rings. The minimum absolute atomic E-state index is 0.0243. The number of nitro benzene ring substituents is 1. The van der Waals surface area contributed by atoms with Crippen LogP contribution in [-0.4, -0.2) is 29.1 Å². The van der Waals surface area contributed by atoms with E-state index in [0.717, 1.165) is 24.8 Å². The number of amides is 1. The van der Waals surface area contributed by atoms with Gasteiger partial charge in [0, 0.05) is 31.4 Å². The number of hydrogen-bond acceptors (Lipinski definition) is 4. The highest BCUT2D eigenvalue weighted by atomic mass is 16.6. The highest BCUT2D eigenvalue weighted by Crippen LogP contribution is 2.47. The molecule has 1 aromatic rings. The van der Waals surface area contributed by atoms with Crippen molar-refractivity contribution in [1.29, 1.82) is 0 Å². The summed E-state index contributed by atoms with van der Waals surface area (Å²) >= 11 is 0. The van der Waals surface area contributed by atoms with Gasteiger partial charge in [0.05, 0.1) is 4.92 Å². The molecule has 1 aliphatic carbocycles. The molecule has 0 atom stereocenters. The van der Waals surface area contributed by atoms with E-state index in [1.807, 2.05) is 0 Å². The zero-order chi connectivity index (χ0) is 15.3. The summed E-state index contributed by atoms with van der Waals surface area (Å²) in [7, 11) is 0. The highest BCUT2D eigenvalue weighted by Gasteiger charge is 2.41. The Kier molecular flexibility index (Phi) is 4.70. The fourth-order valence-corrected chi connectivity index (χ4v) is 2.14. The maximum absolute atomic E-state index is 11.7. The minimum atomic E-state index is -0.462. The van der Waals surface area contributed by atoms with Gasteiger partial charge >= 0.3 is 0 Å². The molecule has 0 spiro atoms. The second-order valence-electron chi connectivity index (χ2n) is 5.37. The third kappa shape index (κ3) is 4.39. The van der Waals surface area contributed by atoms with E-state index in [9.17, 15) is 14.9 Å². The molecule has 1 aromatic carbocycles. The fourth-order valence-electron chi connectivity index (χ4n) is 2.14. The lowest BCUT2D eigenvalue weighted by Crippen LogP contribution is -2.29. The predicted octanol–water partition coefficient (Wildman–Crippen LogP) is 1.89. The molecule has 0 aromatic heterocycles. The molecule has 2 N–H and O–H groups in total. The number of carbonyl (C=O) groups is 1. The molecule has 0 unspecified atom stereocenters. The van der Waals surface area contributed by atoms with E-state index < -0.39 is 4.92 Å². The average Bonchev–Trinajstić information content (AvgIpc) is 3.24. The van der Waals surface area contributed by atoms with Crippen molar-refractivity contribution in [3.63, 3.8) is 0 Å². The average molecular weight is 290 g/mol. The number of nitrogens with one attached hydrogen (secondary N) is 1. The van der Waals surface area contributed by atoms with Gasteiger partial charge < -0.3 is 10.4 Å². The fraction of sp³-hybridized carbons (Fsp3) is 0.400. The van der Waals surface area contributed by atoms with Crippen LogP contribution in [0.25, 0.3) is 6.08 Å². The van der Waals surface area contributed by atoms with Gasteiger partial charge in [0.25, 0.3) is 5.69 Å². The molecule has 0 saturated heterocycles. The number of aliphatic hydroxyl groups is 1. The minimum Gasteiger partial charge on any atom is -0.396 e. The normalized spacial score (nSPS) is 15.9. The maximum Gasteiger partial charge on any atom is 0.269 e. The molecular weight excluding hydrogens is 272 g/mol. The Morgan fingerprint density at radius 1 is 1.38 bits per heavy atom. The number of hydrogen-bond donors (Lipinski definition) is 2. The SMILES string of the molecule is O=C(/C=C/c1ccc([N+](=O)[O-])cc1)NCC1(CCO)CC1. The van der Waals surface area contributed by atoms with Crippen molar-refractivity contribution in [1.82, 2.24) is 5.32 Å². The van der Waals surface area contributed by atoms with Gasteiger partial charge in [0.1, 0.15) is 0 Å². The van der Waals surface area contributed by atoms with E-state index >= 15 is 0 Å². The van der Waals surface area contributed by atoms with Crippen LogP contribution in [0.4, 0.5) is 5.69 Å². The Morgan fingerprint density at radius 2 is 2.05 bits per heavy atom. The van der Waals surface area contributed by atoms with Crippen LogP contribution in [-0.2, 0) is 4.79 Å². The number of carbonyl (C=O) groups excluding carboxylic acids is 1. The third-order valence-electron chi connectivity index (χ3n) is 3.77. The monoisotopic (exact) mass is 290 g/mol. The van der Waals surface area contributed by atoms with Gasteiger partial charge in [-0.1, -0.05) is 0 Å². The van der Waals surface area contributed by atoms with Gasteiger partial charge in [-0.05, 0) is 48.4 Å². The molecule has 0 radical (unpaired) electrons. The van der Waals surface area contributed by atoms with Crippen LogP contribution < -0.4 is 5.32 Å². The van der Waals surface area contributed by atoms with Gasteiger partial charge in [-0.15, -0.1) is 0 Å². The van der Waals surface area contributed by atoms with Crippen LogP contribution in [0.2, 0.25) is 0 Å². The summed E-state index contributed by atoms with van der Waals surface area (Å²) in [6, 6.07) is 5.99. The molecule has 21 heavy (non-hydrogen) atoms. The molecule has 0 bridgehead atoms. The van der Waals surface area contributed by atoms with Crippen molar-refractivity contribution in [3.8, 4) is 0 Å². The summed E-state index contributed by atoms with van der Waals surface area (Å²) in [6.07, 6.45) is 5.83. The molecular formula is C15H18N2O4. The molecule has 1 amide bonds. The van der Waals surface area contributed by atoms with E-state index in [2.05, 4.69) is 5.32 Å². The van der Waals surface area contributed by atoms with Crippen molar-refractivity contribution in [2.24, 2.45) is 5.41 Å². The third-order valence-corrected chi connectivity index (χ3v) is 3.77. The number of nitrogens with zero attached hydrogens (tertiary/aromatic N) is 1. The number of benzene rings is 1. The standard InChI is InChI=1S/C15H18N2O4/c18-10-9-15(7-8-15)11-16-14(19)6-3-12-1-4-13(5-2-12)17(20)21/h1-6,18H,7-11H2,(H,16,19)/b6-3+. The van der Waals surface area contributed by atoms with Gasteiger partial charge in [-0.2, -0.15) is 0 Å². The first-order valence-corrected chi connectivity index (χ1v) is 6.86. The predicted molar refractivity (Wildman–Crippen MR) is 78.5 cm³/mol. The van der Waals surface area contributed by atoms with Crippen LogP contribution >= 0.6 is 0 Å². The smallest absolute Gasteiger partial charge is 0.269 e.